The molecule has 3 rings (SSSR count). The highest BCUT2D eigenvalue weighted by Crippen LogP contribution is 2.17. The van der Waals surface area contributed by atoms with Gasteiger partial charge in [0.05, 0.1) is 23.7 Å². The molecule has 1 amide bonds. The lowest BCUT2D eigenvalue weighted by Crippen LogP contribution is -2.14. The first kappa shape index (κ1) is 16.7. The number of hydrogen-bond acceptors (Lipinski definition) is 5. The van der Waals surface area contributed by atoms with E-state index in [1.807, 2.05) is 35.7 Å². The number of ether oxygens (including phenoxy) is 1. The molecule has 124 valence electrons. The van der Waals surface area contributed by atoms with Gasteiger partial charge in [-0.05, 0) is 30.3 Å². The van der Waals surface area contributed by atoms with Gasteiger partial charge in [0.1, 0.15) is 17.4 Å². The highest BCUT2D eigenvalue weighted by atomic mass is 32.1. The van der Waals surface area contributed by atoms with E-state index in [9.17, 15) is 4.79 Å². The molecule has 0 bridgehead atoms. The van der Waals surface area contributed by atoms with Gasteiger partial charge in [-0.15, -0.1) is 11.3 Å². The monoisotopic (exact) mass is 349 g/mol. The Bertz CT molecular complexity index is 900. The topological polar surface area (TPSA) is 75.0 Å². The molecular formula is C19H15N3O2S. The fourth-order valence-corrected chi connectivity index (χ4v) is 2.95. The summed E-state index contributed by atoms with van der Waals surface area (Å²) < 4.78 is 5.64. The molecule has 0 unspecified atom stereocenters. The van der Waals surface area contributed by atoms with Crippen molar-refractivity contribution in [2.45, 2.75) is 13.0 Å². The first-order valence-electron chi connectivity index (χ1n) is 7.64. The number of hydrogen-bond donors (Lipinski definition) is 1. The van der Waals surface area contributed by atoms with Crippen LogP contribution in [-0.4, -0.2) is 10.9 Å². The Morgan fingerprint density at radius 1 is 1.20 bits per heavy atom. The summed E-state index contributed by atoms with van der Waals surface area (Å²) in [6, 6.07) is 18.4. The summed E-state index contributed by atoms with van der Waals surface area (Å²) in [6.07, 6.45) is 0.226. The van der Waals surface area contributed by atoms with Crippen molar-refractivity contribution in [1.29, 1.82) is 5.26 Å². The molecule has 0 spiro atoms. The van der Waals surface area contributed by atoms with Crippen molar-refractivity contribution in [3.63, 3.8) is 0 Å². The molecule has 1 N–H and O–H groups in total. The molecule has 1 heterocycles. The molecule has 25 heavy (non-hydrogen) atoms. The molecule has 0 aliphatic carbocycles. The van der Waals surface area contributed by atoms with Gasteiger partial charge in [0.15, 0.2) is 0 Å². The van der Waals surface area contributed by atoms with E-state index < -0.39 is 0 Å². The second-order valence-corrected chi connectivity index (χ2v) is 6.19. The average molecular weight is 349 g/mol. The summed E-state index contributed by atoms with van der Waals surface area (Å²) >= 11 is 1.43. The Balaban J connectivity index is 1.53. The number of nitrogens with one attached hydrogen (secondary N) is 1. The van der Waals surface area contributed by atoms with Gasteiger partial charge in [-0.25, -0.2) is 4.98 Å². The van der Waals surface area contributed by atoms with Gasteiger partial charge < -0.3 is 10.1 Å². The van der Waals surface area contributed by atoms with Gasteiger partial charge >= 0.3 is 0 Å². The molecule has 0 saturated heterocycles. The summed E-state index contributed by atoms with van der Waals surface area (Å²) in [5.41, 5.74) is 2.08. The largest absolute Gasteiger partial charge is 0.487 e. The van der Waals surface area contributed by atoms with E-state index in [2.05, 4.69) is 16.4 Å². The van der Waals surface area contributed by atoms with Gasteiger partial charge in [0, 0.05) is 11.1 Å². The second-order valence-electron chi connectivity index (χ2n) is 5.25. The highest BCUT2D eigenvalue weighted by Gasteiger charge is 2.09. The van der Waals surface area contributed by atoms with Crippen LogP contribution in [-0.2, 0) is 17.8 Å². The van der Waals surface area contributed by atoms with E-state index in [0.29, 0.717) is 17.9 Å². The standard InChI is InChI=1S/C19H15N3O2S/c20-11-14-5-4-8-17(9-14)24-12-16-13-25-19(22-16)10-18(23)21-15-6-2-1-3-7-15/h1-9,13H,10,12H2,(H,21,23). The smallest absolute Gasteiger partial charge is 0.231 e. The van der Waals surface area contributed by atoms with Crippen LogP contribution in [0.25, 0.3) is 0 Å². The van der Waals surface area contributed by atoms with Crippen molar-refractivity contribution in [3.8, 4) is 11.8 Å². The van der Waals surface area contributed by atoms with Gasteiger partial charge in [-0.3, -0.25) is 4.79 Å². The van der Waals surface area contributed by atoms with E-state index in [0.717, 1.165) is 16.4 Å². The molecular weight excluding hydrogens is 334 g/mol. The molecule has 1 aromatic heterocycles. The predicted molar refractivity (Wildman–Crippen MR) is 96.4 cm³/mol. The molecule has 0 aliphatic heterocycles. The van der Waals surface area contributed by atoms with Crippen LogP contribution >= 0.6 is 11.3 Å². The van der Waals surface area contributed by atoms with Crippen molar-refractivity contribution >= 4 is 22.9 Å². The first-order chi connectivity index (χ1) is 12.2. The minimum Gasteiger partial charge on any atom is -0.487 e. The van der Waals surface area contributed by atoms with Crippen LogP contribution in [0.5, 0.6) is 5.75 Å². The number of benzene rings is 2. The van der Waals surface area contributed by atoms with Crippen LogP contribution in [0.3, 0.4) is 0 Å². The van der Waals surface area contributed by atoms with Crippen molar-refractivity contribution in [1.82, 2.24) is 4.98 Å². The van der Waals surface area contributed by atoms with E-state index >= 15 is 0 Å². The molecule has 0 radical (unpaired) electrons. The minimum absolute atomic E-state index is 0.102. The molecule has 0 fully saturated rings. The average Bonchev–Trinajstić information content (AvgIpc) is 3.08. The number of aromatic nitrogens is 1. The summed E-state index contributed by atoms with van der Waals surface area (Å²) in [6.45, 7) is 0.297. The Hall–Kier alpha value is -3.17. The number of anilines is 1. The number of para-hydroxylation sites is 1. The van der Waals surface area contributed by atoms with E-state index in [1.54, 1.807) is 24.3 Å². The number of nitrogens with zero attached hydrogens (tertiary/aromatic N) is 2. The third-order valence-corrected chi connectivity index (χ3v) is 4.22. The maximum absolute atomic E-state index is 12.0. The highest BCUT2D eigenvalue weighted by molar-refractivity contribution is 7.09. The third kappa shape index (κ3) is 4.90. The Morgan fingerprint density at radius 2 is 2.04 bits per heavy atom. The van der Waals surface area contributed by atoms with Crippen LogP contribution in [0.2, 0.25) is 0 Å². The van der Waals surface area contributed by atoms with Crippen LogP contribution in [0.4, 0.5) is 5.69 Å². The molecule has 0 aliphatic rings. The number of amides is 1. The number of carbonyl (C=O) groups excluding carboxylic acids is 1. The predicted octanol–water partition coefficient (Wildman–Crippen LogP) is 3.77. The minimum atomic E-state index is -0.102. The van der Waals surface area contributed by atoms with E-state index in [-0.39, 0.29) is 12.3 Å². The quantitative estimate of drug-likeness (QED) is 0.735. The van der Waals surface area contributed by atoms with Gasteiger partial charge in [0.2, 0.25) is 5.91 Å². The lowest BCUT2D eigenvalue weighted by Gasteiger charge is -2.04. The fraction of sp³-hybridized carbons (Fsp3) is 0.105. The molecule has 6 heteroatoms. The molecule has 3 aromatic rings. The lowest BCUT2D eigenvalue weighted by molar-refractivity contribution is -0.115. The summed E-state index contributed by atoms with van der Waals surface area (Å²) in [4.78, 5) is 16.5. The Labute approximate surface area is 149 Å². The Morgan fingerprint density at radius 3 is 2.84 bits per heavy atom. The Kier molecular flexibility index (Phi) is 5.39. The van der Waals surface area contributed by atoms with Crippen LogP contribution in [0.15, 0.2) is 60.0 Å². The molecule has 0 atom stereocenters. The number of nitriles is 1. The number of carbonyl (C=O) groups is 1. The fourth-order valence-electron chi connectivity index (χ4n) is 2.17. The van der Waals surface area contributed by atoms with Crippen LogP contribution < -0.4 is 10.1 Å². The summed E-state index contributed by atoms with van der Waals surface area (Å²) in [5.74, 6) is 0.519. The summed E-state index contributed by atoms with van der Waals surface area (Å²) in [7, 11) is 0. The normalized spacial score (nSPS) is 10.0. The van der Waals surface area contributed by atoms with Crippen molar-refractivity contribution < 1.29 is 9.53 Å². The van der Waals surface area contributed by atoms with Crippen LogP contribution in [0.1, 0.15) is 16.3 Å². The molecule has 0 saturated carbocycles. The number of rotatable bonds is 6. The second kappa shape index (κ2) is 8.08. The number of thiazole rings is 1. The maximum atomic E-state index is 12.0. The van der Waals surface area contributed by atoms with Crippen molar-refractivity contribution in [3.05, 3.63) is 76.2 Å². The summed E-state index contributed by atoms with van der Waals surface area (Å²) in [5, 5.41) is 14.3. The zero-order chi connectivity index (χ0) is 17.5. The lowest BCUT2D eigenvalue weighted by atomic mass is 10.2. The van der Waals surface area contributed by atoms with Gasteiger partial charge in [0.25, 0.3) is 0 Å². The zero-order valence-electron chi connectivity index (χ0n) is 13.3. The van der Waals surface area contributed by atoms with Gasteiger partial charge in [-0.1, -0.05) is 24.3 Å². The third-order valence-electron chi connectivity index (χ3n) is 3.32. The van der Waals surface area contributed by atoms with Gasteiger partial charge in [-0.2, -0.15) is 5.26 Å². The van der Waals surface area contributed by atoms with E-state index in [4.69, 9.17) is 10.00 Å². The molecule has 5 nitrogen and oxygen atoms in total. The van der Waals surface area contributed by atoms with E-state index in [1.165, 1.54) is 11.3 Å². The molecule has 2 aromatic carbocycles. The zero-order valence-corrected chi connectivity index (χ0v) is 14.1. The maximum Gasteiger partial charge on any atom is 0.231 e. The van der Waals surface area contributed by atoms with Crippen LogP contribution in [0, 0.1) is 11.3 Å². The SMILES string of the molecule is N#Cc1cccc(OCc2csc(CC(=O)Nc3ccccc3)n2)c1. The van der Waals surface area contributed by atoms with Crippen molar-refractivity contribution in [2.24, 2.45) is 0 Å². The first-order valence-corrected chi connectivity index (χ1v) is 8.52. The van der Waals surface area contributed by atoms with Crippen molar-refractivity contribution in [2.75, 3.05) is 5.32 Å².